The molecule has 0 radical (unpaired) electrons. The molecule has 1 saturated heterocycles. The average Bonchev–Trinajstić information content (AvgIpc) is 3.15. The quantitative estimate of drug-likeness (QED) is 0.662. The molecule has 27 heavy (non-hydrogen) atoms. The molecule has 1 aromatic carbocycles. The van der Waals surface area contributed by atoms with Gasteiger partial charge in [-0.05, 0) is 26.7 Å². The van der Waals surface area contributed by atoms with Crippen LogP contribution in [0.1, 0.15) is 29.9 Å². The molecule has 0 aliphatic carbocycles. The standard InChI is InChI=1S/C21H24N4OS/c1-15-12-22-16(2)20(23-15)26-19-8-10-25(11-9-19)13-18-14-27-21(24-18)17-6-4-3-5-7-17/h3-7,12,14,19H,8-11,13H2,1-2H3. The lowest BCUT2D eigenvalue weighted by Crippen LogP contribution is -2.38. The number of hydrogen-bond donors (Lipinski definition) is 0. The highest BCUT2D eigenvalue weighted by Gasteiger charge is 2.22. The van der Waals surface area contributed by atoms with Gasteiger partial charge >= 0.3 is 0 Å². The molecule has 0 saturated carbocycles. The van der Waals surface area contributed by atoms with Gasteiger partial charge in [0.15, 0.2) is 0 Å². The van der Waals surface area contributed by atoms with Crippen LogP contribution < -0.4 is 4.74 Å². The van der Waals surface area contributed by atoms with E-state index in [2.05, 4.69) is 44.5 Å². The van der Waals surface area contributed by atoms with Crippen molar-refractivity contribution in [3.8, 4) is 16.5 Å². The summed E-state index contributed by atoms with van der Waals surface area (Å²) in [4.78, 5) is 16.1. The van der Waals surface area contributed by atoms with Crippen LogP contribution in [-0.2, 0) is 6.54 Å². The third-order valence-electron chi connectivity index (χ3n) is 4.80. The van der Waals surface area contributed by atoms with E-state index in [1.165, 1.54) is 5.56 Å². The first kappa shape index (κ1) is 18.1. The highest BCUT2D eigenvalue weighted by atomic mass is 32.1. The van der Waals surface area contributed by atoms with Gasteiger partial charge in [0.25, 0.3) is 0 Å². The zero-order valence-corrected chi connectivity index (χ0v) is 16.6. The monoisotopic (exact) mass is 380 g/mol. The van der Waals surface area contributed by atoms with Crippen molar-refractivity contribution in [3.63, 3.8) is 0 Å². The van der Waals surface area contributed by atoms with Gasteiger partial charge in [-0.3, -0.25) is 9.88 Å². The van der Waals surface area contributed by atoms with Gasteiger partial charge in [-0.15, -0.1) is 11.3 Å². The highest BCUT2D eigenvalue weighted by molar-refractivity contribution is 7.13. The van der Waals surface area contributed by atoms with Crippen molar-refractivity contribution in [2.24, 2.45) is 0 Å². The van der Waals surface area contributed by atoms with E-state index in [-0.39, 0.29) is 6.10 Å². The Labute approximate surface area is 164 Å². The van der Waals surface area contributed by atoms with Gasteiger partial charge in [0.05, 0.1) is 17.1 Å². The fraction of sp³-hybridized carbons (Fsp3) is 0.381. The predicted molar refractivity (Wildman–Crippen MR) is 108 cm³/mol. The molecule has 6 heteroatoms. The number of aryl methyl sites for hydroxylation is 2. The van der Waals surface area contributed by atoms with Gasteiger partial charge in [0.2, 0.25) is 5.88 Å². The molecule has 5 nitrogen and oxygen atoms in total. The van der Waals surface area contributed by atoms with Crippen LogP contribution in [0.4, 0.5) is 0 Å². The number of nitrogens with zero attached hydrogens (tertiary/aromatic N) is 4. The number of benzene rings is 1. The first-order valence-electron chi connectivity index (χ1n) is 9.36. The zero-order chi connectivity index (χ0) is 18.6. The Morgan fingerprint density at radius 3 is 2.67 bits per heavy atom. The van der Waals surface area contributed by atoms with E-state index in [1.807, 2.05) is 19.9 Å². The molecule has 0 unspecified atom stereocenters. The number of hydrogen-bond acceptors (Lipinski definition) is 6. The van der Waals surface area contributed by atoms with E-state index < -0.39 is 0 Å². The van der Waals surface area contributed by atoms with E-state index >= 15 is 0 Å². The van der Waals surface area contributed by atoms with Crippen LogP contribution >= 0.6 is 11.3 Å². The topological polar surface area (TPSA) is 51.1 Å². The number of thiazole rings is 1. The number of rotatable bonds is 5. The molecule has 2 aromatic heterocycles. The number of ether oxygens (including phenoxy) is 1. The van der Waals surface area contributed by atoms with Gasteiger partial charge in [-0.2, -0.15) is 0 Å². The number of likely N-dealkylation sites (tertiary alicyclic amines) is 1. The Morgan fingerprint density at radius 1 is 1.11 bits per heavy atom. The molecule has 1 fully saturated rings. The Kier molecular flexibility index (Phi) is 5.45. The average molecular weight is 381 g/mol. The van der Waals surface area contributed by atoms with Crippen molar-refractivity contribution in [2.45, 2.75) is 39.3 Å². The van der Waals surface area contributed by atoms with Gasteiger partial charge in [0.1, 0.15) is 11.1 Å². The summed E-state index contributed by atoms with van der Waals surface area (Å²) in [5.74, 6) is 0.681. The third-order valence-corrected chi connectivity index (χ3v) is 5.74. The van der Waals surface area contributed by atoms with Gasteiger partial charge in [0, 0.05) is 36.8 Å². The number of piperidine rings is 1. The molecule has 0 spiro atoms. The van der Waals surface area contributed by atoms with Crippen LogP contribution in [0.15, 0.2) is 41.9 Å². The SMILES string of the molecule is Cc1cnc(C)c(OC2CCN(Cc3csc(-c4ccccc4)n3)CC2)n1. The van der Waals surface area contributed by atoms with Crippen molar-refractivity contribution in [1.82, 2.24) is 19.9 Å². The van der Waals surface area contributed by atoms with Gasteiger partial charge in [-0.1, -0.05) is 30.3 Å². The Bertz CT molecular complexity index is 888. The molecule has 1 aliphatic rings. The summed E-state index contributed by atoms with van der Waals surface area (Å²) < 4.78 is 6.11. The van der Waals surface area contributed by atoms with E-state index in [4.69, 9.17) is 9.72 Å². The lowest BCUT2D eigenvalue weighted by atomic mass is 10.1. The van der Waals surface area contributed by atoms with Gasteiger partial charge < -0.3 is 4.74 Å². The second kappa shape index (κ2) is 8.15. The lowest BCUT2D eigenvalue weighted by Gasteiger charge is -2.31. The molecule has 3 aromatic rings. The maximum atomic E-state index is 6.11. The molecule has 1 aliphatic heterocycles. The zero-order valence-electron chi connectivity index (χ0n) is 15.8. The van der Waals surface area contributed by atoms with Crippen molar-refractivity contribution < 1.29 is 4.74 Å². The Morgan fingerprint density at radius 2 is 1.89 bits per heavy atom. The molecule has 0 N–H and O–H groups in total. The van der Waals surface area contributed by atoms with Crippen LogP contribution in [0.2, 0.25) is 0 Å². The molecule has 140 valence electrons. The minimum absolute atomic E-state index is 0.214. The van der Waals surface area contributed by atoms with E-state index in [9.17, 15) is 0 Å². The normalized spacial score (nSPS) is 15.8. The van der Waals surface area contributed by atoms with Crippen molar-refractivity contribution in [2.75, 3.05) is 13.1 Å². The first-order valence-corrected chi connectivity index (χ1v) is 10.2. The highest BCUT2D eigenvalue weighted by Crippen LogP contribution is 2.25. The van der Waals surface area contributed by atoms with Crippen molar-refractivity contribution in [3.05, 3.63) is 59.0 Å². The van der Waals surface area contributed by atoms with Crippen LogP contribution in [0.3, 0.4) is 0 Å². The maximum absolute atomic E-state index is 6.11. The molecular formula is C21H24N4OS. The van der Waals surface area contributed by atoms with Crippen molar-refractivity contribution >= 4 is 11.3 Å². The molecule has 0 amide bonds. The smallest absolute Gasteiger partial charge is 0.235 e. The van der Waals surface area contributed by atoms with E-state index in [0.717, 1.165) is 54.6 Å². The summed E-state index contributed by atoms with van der Waals surface area (Å²) in [5.41, 5.74) is 4.10. The second-order valence-electron chi connectivity index (χ2n) is 7.01. The fourth-order valence-electron chi connectivity index (χ4n) is 3.29. The summed E-state index contributed by atoms with van der Waals surface area (Å²) in [6.07, 6.45) is 4.00. The van der Waals surface area contributed by atoms with E-state index in [1.54, 1.807) is 17.5 Å². The molecule has 3 heterocycles. The van der Waals surface area contributed by atoms with Gasteiger partial charge in [-0.25, -0.2) is 9.97 Å². The largest absolute Gasteiger partial charge is 0.473 e. The summed E-state index contributed by atoms with van der Waals surface area (Å²) >= 11 is 1.72. The maximum Gasteiger partial charge on any atom is 0.235 e. The second-order valence-corrected chi connectivity index (χ2v) is 7.86. The summed E-state index contributed by atoms with van der Waals surface area (Å²) in [7, 11) is 0. The predicted octanol–water partition coefficient (Wildman–Crippen LogP) is 4.26. The summed E-state index contributed by atoms with van der Waals surface area (Å²) in [6.45, 7) is 6.82. The van der Waals surface area contributed by atoms with Crippen LogP contribution in [-0.4, -0.2) is 39.0 Å². The van der Waals surface area contributed by atoms with Crippen molar-refractivity contribution in [1.29, 1.82) is 0 Å². The summed E-state index contributed by atoms with van der Waals surface area (Å²) in [5, 5.41) is 3.27. The molecule has 0 atom stereocenters. The van der Waals surface area contributed by atoms with Crippen LogP contribution in [0.5, 0.6) is 5.88 Å². The third kappa shape index (κ3) is 4.51. The lowest BCUT2D eigenvalue weighted by molar-refractivity contribution is 0.0915. The molecule has 4 rings (SSSR count). The molecular weight excluding hydrogens is 356 g/mol. The van der Waals surface area contributed by atoms with Crippen LogP contribution in [0.25, 0.3) is 10.6 Å². The molecule has 0 bridgehead atoms. The Balaban J connectivity index is 1.31. The van der Waals surface area contributed by atoms with E-state index in [0.29, 0.717) is 5.88 Å². The van der Waals surface area contributed by atoms with Crippen LogP contribution in [0, 0.1) is 13.8 Å². The first-order chi connectivity index (χ1) is 13.2. The Hall–Kier alpha value is -2.31. The number of aromatic nitrogens is 3. The minimum atomic E-state index is 0.214. The minimum Gasteiger partial charge on any atom is -0.473 e. The fourth-order valence-corrected chi connectivity index (χ4v) is 4.11. The summed E-state index contributed by atoms with van der Waals surface area (Å²) in [6, 6.07) is 10.4.